The Labute approximate surface area is 212 Å². The number of hydrogen-bond acceptors (Lipinski definition) is 8. The molecule has 13 heteroatoms. The number of carboxylic acid groups (broad SMARTS) is 2. The van der Waals surface area contributed by atoms with Crippen LogP contribution in [0.25, 0.3) is 0 Å². The molecule has 2 atom stereocenters. The largest absolute Gasteiger partial charge is 0.477 e. The van der Waals surface area contributed by atoms with Crippen LogP contribution in [0.1, 0.15) is 15.9 Å². The molecule has 0 aromatic heterocycles. The number of carboxylic acids is 2. The molecule has 2 aliphatic rings. The molecule has 186 valence electrons. The van der Waals surface area contributed by atoms with Gasteiger partial charge in [-0.15, -0.1) is 23.5 Å². The van der Waals surface area contributed by atoms with Crippen molar-refractivity contribution in [3.05, 3.63) is 81.0 Å². The zero-order valence-corrected chi connectivity index (χ0v) is 20.1. The summed E-state index contributed by atoms with van der Waals surface area (Å²) in [6.45, 7) is 0. The molecule has 2 aliphatic heterocycles. The molecule has 2 heterocycles. The van der Waals surface area contributed by atoms with E-state index in [0.717, 1.165) is 29.5 Å². The second kappa shape index (κ2) is 10.4. The number of β-lactam (4-membered cyclic amide) rings is 1. The van der Waals surface area contributed by atoms with E-state index in [-0.39, 0.29) is 29.5 Å². The lowest BCUT2D eigenvalue weighted by atomic mass is 10.0. The molecule has 2 aromatic carbocycles. The van der Waals surface area contributed by atoms with Crippen molar-refractivity contribution < 1.29 is 34.3 Å². The monoisotopic (exact) mass is 529 g/mol. The Morgan fingerprint density at radius 2 is 1.86 bits per heavy atom. The van der Waals surface area contributed by atoms with Crippen molar-refractivity contribution in [3.8, 4) is 0 Å². The van der Waals surface area contributed by atoms with Crippen LogP contribution in [0, 0.1) is 10.1 Å². The first kappa shape index (κ1) is 25.3. The summed E-state index contributed by atoms with van der Waals surface area (Å²) >= 11 is 2.44. The smallest absolute Gasteiger partial charge is 0.352 e. The Bertz CT molecular complexity index is 1300. The summed E-state index contributed by atoms with van der Waals surface area (Å²) in [7, 11) is 0. The van der Waals surface area contributed by atoms with E-state index in [1.165, 1.54) is 22.7 Å². The van der Waals surface area contributed by atoms with Crippen LogP contribution < -0.4 is 5.32 Å². The average molecular weight is 530 g/mol. The molecule has 11 nitrogen and oxygen atoms in total. The standard InChI is InChI=1S/C23H19N3O8S2/c27-17(8-12-4-2-1-3-5-12)24-18-20(28)25-19(23(31)32)13(11-36-21(18)25)10-35-14-6-7-16(26(33)34)15(9-14)22(29)30/h1-7,9,18,21H,8,10-11H2,(H,24,27)(H,29,30)(H,31,32)/t18-,21+/m1/s1. The lowest BCUT2D eigenvalue weighted by molar-refractivity contribution is -0.385. The fourth-order valence-corrected chi connectivity index (χ4v) is 6.33. The van der Waals surface area contributed by atoms with Crippen LogP contribution in [0.4, 0.5) is 5.69 Å². The number of nitro benzene ring substituents is 1. The second-order valence-electron chi connectivity index (χ2n) is 7.90. The number of amides is 2. The number of aromatic carboxylic acids is 1. The predicted octanol–water partition coefficient (Wildman–Crippen LogP) is 2.37. The quantitative estimate of drug-likeness (QED) is 0.190. The van der Waals surface area contributed by atoms with Gasteiger partial charge in [0.25, 0.3) is 11.6 Å². The number of benzene rings is 2. The van der Waals surface area contributed by atoms with Crippen molar-refractivity contribution in [2.75, 3.05) is 11.5 Å². The third kappa shape index (κ3) is 5.06. The van der Waals surface area contributed by atoms with Crippen molar-refractivity contribution in [2.24, 2.45) is 0 Å². The summed E-state index contributed by atoms with van der Waals surface area (Å²) in [6, 6.07) is 11.8. The molecule has 1 fully saturated rings. The van der Waals surface area contributed by atoms with Crippen LogP contribution in [0.3, 0.4) is 0 Å². The lowest BCUT2D eigenvalue weighted by Gasteiger charge is -2.49. The average Bonchev–Trinajstić information content (AvgIpc) is 2.85. The Morgan fingerprint density at radius 3 is 2.50 bits per heavy atom. The molecule has 0 saturated carbocycles. The highest BCUT2D eigenvalue weighted by Crippen LogP contribution is 2.41. The number of nitro groups is 1. The highest BCUT2D eigenvalue weighted by atomic mass is 32.2. The summed E-state index contributed by atoms with van der Waals surface area (Å²) in [5.74, 6) is -3.17. The molecule has 0 aliphatic carbocycles. The fourth-order valence-electron chi connectivity index (χ4n) is 3.91. The molecule has 0 bridgehead atoms. The molecular weight excluding hydrogens is 510 g/mol. The van der Waals surface area contributed by atoms with Gasteiger partial charge in [0.1, 0.15) is 22.7 Å². The van der Waals surface area contributed by atoms with Crippen LogP contribution in [0.15, 0.2) is 64.7 Å². The number of carbonyl (C=O) groups excluding carboxylic acids is 2. The molecule has 2 aromatic rings. The molecule has 0 unspecified atom stereocenters. The van der Waals surface area contributed by atoms with Gasteiger partial charge in [-0.3, -0.25) is 24.6 Å². The van der Waals surface area contributed by atoms with E-state index < -0.39 is 45.4 Å². The van der Waals surface area contributed by atoms with Crippen LogP contribution in [-0.4, -0.2) is 66.7 Å². The molecule has 0 spiro atoms. The van der Waals surface area contributed by atoms with Gasteiger partial charge < -0.3 is 15.5 Å². The van der Waals surface area contributed by atoms with E-state index >= 15 is 0 Å². The summed E-state index contributed by atoms with van der Waals surface area (Å²) in [5.41, 5.74) is 0.0663. The van der Waals surface area contributed by atoms with E-state index in [1.807, 2.05) is 6.07 Å². The fraction of sp³-hybridized carbons (Fsp3) is 0.217. The van der Waals surface area contributed by atoms with Gasteiger partial charge >= 0.3 is 11.9 Å². The maximum Gasteiger partial charge on any atom is 0.352 e. The van der Waals surface area contributed by atoms with Crippen LogP contribution in [0.2, 0.25) is 0 Å². The summed E-state index contributed by atoms with van der Waals surface area (Å²) in [6.07, 6.45) is 0.0963. The van der Waals surface area contributed by atoms with E-state index in [4.69, 9.17) is 0 Å². The maximum absolute atomic E-state index is 12.8. The highest BCUT2D eigenvalue weighted by molar-refractivity contribution is 8.01. The summed E-state index contributed by atoms with van der Waals surface area (Å²) < 4.78 is 0. The minimum Gasteiger partial charge on any atom is -0.477 e. The Hall–Kier alpha value is -3.84. The van der Waals surface area contributed by atoms with Crippen molar-refractivity contribution in [1.82, 2.24) is 10.2 Å². The number of nitrogens with one attached hydrogen (secondary N) is 1. The van der Waals surface area contributed by atoms with Crippen molar-refractivity contribution in [1.29, 1.82) is 0 Å². The van der Waals surface area contributed by atoms with E-state index in [9.17, 15) is 39.5 Å². The van der Waals surface area contributed by atoms with Gasteiger partial charge in [0.2, 0.25) is 5.91 Å². The SMILES string of the molecule is O=C(Cc1ccccc1)N[C@@H]1C(=O)N2C(C(=O)O)=C(CSc3ccc([N+](=O)[O-])c(C(=O)O)c3)CS[C@@H]12. The Morgan fingerprint density at radius 1 is 1.14 bits per heavy atom. The lowest BCUT2D eigenvalue weighted by Crippen LogP contribution is -2.70. The number of carbonyl (C=O) groups is 4. The number of thioether (sulfide) groups is 2. The number of hydrogen-bond donors (Lipinski definition) is 3. The predicted molar refractivity (Wildman–Crippen MR) is 131 cm³/mol. The Kier molecular flexibility index (Phi) is 7.31. The van der Waals surface area contributed by atoms with Crippen LogP contribution in [0.5, 0.6) is 0 Å². The van der Waals surface area contributed by atoms with Crippen molar-refractivity contribution in [3.63, 3.8) is 0 Å². The topological polar surface area (TPSA) is 167 Å². The normalized spacial score (nSPS) is 18.8. The van der Waals surface area contributed by atoms with Crippen LogP contribution in [-0.2, 0) is 20.8 Å². The zero-order chi connectivity index (χ0) is 26.0. The minimum atomic E-state index is -1.45. The third-order valence-corrected chi connectivity index (χ3v) is 8.00. The summed E-state index contributed by atoms with van der Waals surface area (Å²) in [4.78, 5) is 60.5. The molecular formula is C23H19N3O8S2. The minimum absolute atomic E-state index is 0.0963. The van der Waals surface area contributed by atoms with Gasteiger partial charge in [0.15, 0.2) is 0 Å². The van der Waals surface area contributed by atoms with E-state index in [1.54, 1.807) is 24.3 Å². The van der Waals surface area contributed by atoms with Gasteiger partial charge in [0, 0.05) is 22.5 Å². The number of fused-ring (bicyclic) bond motifs is 1. The number of aliphatic carboxylic acids is 1. The third-order valence-electron chi connectivity index (χ3n) is 5.58. The van der Waals surface area contributed by atoms with Gasteiger partial charge in [-0.2, -0.15) is 0 Å². The van der Waals surface area contributed by atoms with Gasteiger partial charge in [-0.1, -0.05) is 30.3 Å². The van der Waals surface area contributed by atoms with Gasteiger partial charge in [0.05, 0.1) is 11.3 Å². The molecule has 4 rings (SSSR count). The molecule has 2 amide bonds. The first-order valence-electron chi connectivity index (χ1n) is 10.5. The van der Waals surface area contributed by atoms with Crippen molar-refractivity contribution >= 4 is 53.0 Å². The second-order valence-corrected chi connectivity index (χ2v) is 10.1. The Balaban J connectivity index is 1.46. The van der Waals surface area contributed by atoms with Gasteiger partial charge in [-0.25, -0.2) is 9.59 Å². The molecule has 0 radical (unpaired) electrons. The number of nitrogens with zero attached hydrogens (tertiary/aromatic N) is 2. The zero-order valence-electron chi connectivity index (χ0n) is 18.4. The van der Waals surface area contributed by atoms with E-state index in [0.29, 0.717) is 10.5 Å². The number of rotatable bonds is 9. The van der Waals surface area contributed by atoms with Gasteiger partial charge in [-0.05, 0) is 23.3 Å². The molecule has 36 heavy (non-hydrogen) atoms. The van der Waals surface area contributed by atoms with Crippen molar-refractivity contribution in [2.45, 2.75) is 22.7 Å². The maximum atomic E-state index is 12.8. The first-order chi connectivity index (χ1) is 17.2. The first-order valence-corrected chi connectivity index (χ1v) is 12.6. The van der Waals surface area contributed by atoms with Crippen LogP contribution >= 0.6 is 23.5 Å². The molecule has 3 N–H and O–H groups in total. The summed E-state index contributed by atoms with van der Waals surface area (Å²) in [5, 5.41) is 32.3. The van der Waals surface area contributed by atoms with E-state index in [2.05, 4.69) is 5.32 Å². The molecule has 1 saturated heterocycles. The highest BCUT2D eigenvalue weighted by Gasteiger charge is 2.54.